The SMILES string of the molecule is O=C(O)c1cccc(S(=O)(=O)NCCc2ccc3c(c2)OCO3)c1. The van der Waals surface area contributed by atoms with Crippen LogP contribution in [0.5, 0.6) is 11.5 Å². The van der Waals surface area contributed by atoms with Crippen LogP contribution in [-0.2, 0) is 16.4 Å². The molecule has 3 rings (SSSR count). The zero-order chi connectivity index (χ0) is 17.2. The Kier molecular flexibility index (Phi) is 4.41. The van der Waals surface area contributed by atoms with Gasteiger partial charge < -0.3 is 14.6 Å². The summed E-state index contributed by atoms with van der Waals surface area (Å²) in [6.45, 7) is 0.366. The van der Waals surface area contributed by atoms with Crippen molar-refractivity contribution in [1.82, 2.24) is 4.72 Å². The van der Waals surface area contributed by atoms with E-state index in [1.807, 2.05) is 12.1 Å². The third kappa shape index (κ3) is 3.50. The second-order valence-corrected chi connectivity index (χ2v) is 6.94. The topological polar surface area (TPSA) is 102 Å². The van der Waals surface area contributed by atoms with Crippen LogP contribution >= 0.6 is 0 Å². The first-order valence-corrected chi connectivity index (χ1v) is 8.65. The first kappa shape index (κ1) is 16.3. The molecule has 1 heterocycles. The van der Waals surface area contributed by atoms with Crippen molar-refractivity contribution in [3.63, 3.8) is 0 Å². The van der Waals surface area contributed by atoms with Crippen LogP contribution < -0.4 is 14.2 Å². The molecular weight excluding hydrogens is 334 g/mol. The number of fused-ring (bicyclic) bond motifs is 1. The third-order valence-corrected chi connectivity index (χ3v) is 4.99. The number of rotatable bonds is 6. The lowest BCUT2D eigenvalue weighted by molar-refractivity contribution is 0.0696. The monoisotopic (exact) mass is 349 g/mol. The fourth-order valence-corrected chi connectivity index (χ4v) is 3.38. The molecule has 1 aliphatic rings. The maximum Gasteiger partial charge on any atom is 0.335 e. The predicted molar refractivity (Wildman–Crippen MR) is 84.9 cm³/mol. The molecule has 0 saturated carbocycles. The van der Waals surface area contributed by atoms with Gasteiger partial charge in [0.05, 0.1) is 10.5 Å². The minimum Gasteiger partial charge on any atom is -0.478 e. The molecule has 0 radical (unpaired) electrons. The molecule has 2 aromatic carbocycles. The number of carboxylic acids is 1. The Hall–Kier alpha value is -2.58. The maximum absolute atomic E-state index is 12.2. The number of hydrogen-bond donors (Lipinski definition) is 2. The van der Waals surface area contributed by atoms with Crippen molar-refractivity contribution >= 4 is 16.0 Å². The van der Waals surface area contributed by atoms with Gasteiger partial charge in [0.25, 0.3) is 0 Å². The van der Waals surface area contributed by atoms with Crippen LogP contribution in [0, 0.1) is 0 Å². The van der Waals surface area contributed by atoms with Gasteiger partial charge in [-0.3, -0.25) is 0 Å². The van der Waals surface area contributed by atoms with Gasteiger partial charge in [0, 0.05) is 6.54 Å². The molecule has 0 saturated heterocycles. The molecule has 0 bridgehead atoms. The van der Waals surface area contributed by atoms with Crippen molar-refractivity contribution in [1.29, 1.82) is 0 Å². The number of carboxylic acid groups (broad SMARTS) is 1. The number of ether oxygens (including phenoxy) is 2. The number of benzene rings is 2. The van der Waals surface area contributed by atoms with Gasteiger partial charge in [0.2, 0.25) is 16.8 Å². The summed E-state index contributed by atoms with van der Waals surface area (Å²) in [5.74, 6) is 0.141. The Morgan fingerprint density at radius 1 is 1.12 bits per heavy atom. The first-order chi connectivity index (χ1) is 11.5. The summed E-state index contributed by atoms with van der Waals surface area (Å²) in [5.41, 5.74) is 0.829. The summed E-state index contributed by atoms with van der Waals surface area (Å²) >= 11 is 0. The molecule has 0 atom stereocenters. The zero-order valence-electron chi connectivity index (χ0n) is 12.6. The number of sulfonamides is 1. The molecule has 0 unspecified atom stereocenters. The quantitative estimate of drug-likeness (QED) is 0.822. The van der Waals surface area contributed by atoms with Crippen molar-refractivity contribution in [2.24, 2.45) is 0 Å². The van der Waals surface area contributed by atoms with Gasteiger partial charge in [-0.2, -0.15) is 0 Å². The van der Waals surface area contributed by atoms with Crippen LogP contribution in [-0.4, -0.2) is 32.8 Å². The van der Waals surface area contributed by atoms with E-state index in [1.54, 1.807) is 6.07 Å². The van der Waals surface area contributed by atoms with Gasteiger partial charge >= 0.3 is 5.97 Å². The van der Waals surface area contributed by atoms with E-state index in [0.29, 0.717) is 17.9 Å². The lowest BCUT2D eigenvalue weighted by Crippen LogP contribution is -2.26. The van der Waals surface area contributed by atoms with E-state index in [1.165, 1.54) is 18.2 Å². The first-order valence-electron chi connectivity index (χ1n) is 7.17. The average Bonchev–Trinajstić information content (AvgIpc) is 3.02. The highest BCUT2D eigenvalue weighted by Gasteiger charge is 2.16. The van der Waals surface area contributed by atoms with Gasteiger partial charge in [-0.15, -0.1) is 0 Å². The van der Waals surface area contributed by atoms with Gasteiger partial charge in [-0.25, -0.2) is 17.9 Å². The highest BCUT2D eigenvalue weighted by Crippen LogP contribution is 2.32. The van der Waals surface area contributed by atoms with E-state index >= 15 is 0 Å². The van der Waals surface area contributed by atoms with E-state index in [2.05, 4.69) is 4.72 Å². The standard InChI is InChI=1S/C16H15NO6S/c18-16(19)12-2-1-3-13(9-12)24(20,21)17-7-6-11-4-5-14-15(8-11)23-10-22-14/h1-5,8-9,17H,6-7,10H2,(H,18,19). The van der Waals surface area contributed by atoms with Gasteiger partial charge in [0.15, 0.2) is 11.5 Å². The lowest BCUT2D eigenvalue weighted by atomic mass is 10.1. The van der Waals surface area contributed by atoms with Crippen molar-refractivity contribution in [2.45, 2.75) is 11.3 Å². The fourth-order valence-electron chi connectivity index (χ4n) is 2.31. The molecule has 2 N–H and O–H groups in total. The molecular formula is C16H15NO6S. The predicted octanol–water partition coefficient (Wildman–Crippen LogP) is 1.63. The van der Waals surface area contributed by atoms with Crippen LogP contribution in [0.4, 0.5) is 0 Å². The minimum atomic E-state index is -3.77. The highest BCUT2D eigenvalue weighted by molar-refractivity contribution is 7.89. The maximum atomic E-state index is 12.2. The number of nitrogens with one attached hydrogen (secondary N) is 1. The van der Waals surface area contributed by atoms with Crippen LogP contribution in [0.3, 0.4) is 0 Å². The smallest absolute Gasteiger partial charge is 0.335 e. The Morgan fingerprint density at radius 2 is 1.92 bits per heavy atom. The molecule has 2 aromatic rings. The molecule has 7 nitrogen and oxygen atoms in total. The largest absolute Gasteiger partial charge is 0.478 e. The van der Waals surface area contributed by atoms with Crippen molar-refractivity contribution in [3.05, 3.63) is 53.6 Å². The van der Waals surface area contributed by atoms with E-state index in [0.717, 1.165) is 11.6 Å². The zero-order valence-corrected chi connectivity index (χ0v) is 13.4. The highest BCUT2D eigenvalue weighted by atomic mass is 32.2. The molecule has 0 amide bonds. The minimum absolute atomic E-state index is 0.0753. The molecule has 0 fully saturated rings. The average molecular weight is 349 g/mol. The molecule has 0 spiro atoms. The Balaban J connectivity index is 1.65. The summed E-state index contributed by atoms with van der Waals surface area (Å²) in [5, 5.41) is 8.94. The Labute approximate surface area is 138 Å². The number of hydrogen-bond acceptors (Lipinski definition) is 5. The summed E-state index contributed by atoms with van der Waals surface area (Å²) in [4.78, 5) is 10.9. The normalized spacial score (nSPS) is 13.0. The summed E-state index contributed by atoms with van der Waals surface area (Å²) in [6, 6.07) is 10.7. The van der Waals surface area contributed by atoms with Gasteiger partial charge in [-0.05, 0) is 42.3 Å². The third-order valence-electron chi connectivity index (χ3n) is 3.53. The van der Waals surface area contributed by atoms with Crippen LogP contribution in [0.25, 0.3) is 0 Å². The van der Waals surface area contributed by atoms with E-state index in [-0.39, 0.29) is 23.8 Å². The van der Waals surface area contributed by atoms with Crippen molar-refractivity contribution in [3.8, 4) is 11.5 Å². The van der Waals surface area contributed by atoms with Crippen LogP contribution in [0.2, 0.25) is 0 Å². The lowest BCUT2D eigenvalue weighted by Gasteiger charge is -2.08. The van der Waals surface area contributed by atoms with Gasteiger partial charge in [0.1, 0.15) is 0 Å². The molecule has 126 valence electrons. The molecule has 1 aliphatic heterocycles. The second kappa shape index (κ2) is 6.50. The van der Waals surface area contributed by atoms with Crippen LogP contribution in [0.15, 0.2) is 47.4 Å². The molecule has 0 aliphatic carbocycles. The fraction of sp³-hybridized carbons (Fsp3) is 0.188. The van der Waals surface area contributed by atoms with Crippen LogP contribution in [0.1, 0.15) is 15.9 Å². The summed E-state index contributed by atoms with van der Waals surface area (Å²) in [6.07, 6.45) is 0.467. The molecule has 8 heteroatoms. The Bertz CT molecular complexity index is 878. The second-order valence-electron chi connectivity index (χ2n) is 5.17. The van der Waals surface area contributed by atoms with E-state index in [4.69, 9.17) is 14.6 Å². The van der Waals surface area contributed by atoms with E-state index in [9.17, 15) is 13.2 Å². The van der Waals surface area contributed by atoms with E-state index < -0.39 is 16.0 Å². The van der Waals surface area contributed by atoms with Gasteiger partial charge in [-0.1, -0.05) is 12.1 Å². The Morgan fingerprint density at radius 3 is 2.71 bits per heavy atom. The molecule has 0 aromatic heterocycles. The summed E-state index contributed by atoms with van der Waals surface area (Å²) in [7, 11) is -3.77. The van der Waals surface area contributed by atoms with Crippen molar-refractivity contribution < 1.29 is 27.8 Å². The molecule has 24 heavy (non-hydrogen) atoms. The number of carbonyl (C=O) groups is 1. The van der Waals surface area contributed by atoms with Crippen molar-refractivity contribution in [2.75, 3.05) is 13.3 Å². The summed E-state index contributed by atoms with van der Waals surface area (Å²) < 4.78 is 37.4. The number of aromatic carboxylic acids is 1.